The van der Waals surface area contributed by atoms with Crippen molar-refractivity contribution < 1.29 is 9.26 Å². The summed E-state index contributed by atoms with van der Waals surface area (Å²) in [6.07, 6.45) is 4.26. The number of ether oxygens (including phenoxy) is 1. The average molecular weight is 301 g/mol. The van der Waals surface area contributed by atoms with Crippen LogP contribution in [0, 0.1) is 0 Å². The lowest BCUT2D eigenvalue weighted by Crippen LogP contribution is -2.23. The molecular weight excluding hydrogens is 278 g/mol. The SMILES string of the molecule is CCCc1noc(CN2CCCC2c2cccc(OC)c2)n1. The molecule has 5 nitrogen and oxygen atoms in total. The second kappa shape index (κ2) is 6.92. The van der Waals surface area contributed by atoms with Gasteiger partial charge in [0.1, 0.15) is 5.75 Å². The number of likely N-dealkylation sites (tertiary alicyclic amines) is 1. The molecule has 0 bridgehead atoms. The van der Waals surface area contributed by atoms with Gasteiger partial charge in [-0.25, -0.2) is 0 Å². The van der Waals surface area contributed by atoms with Gasteiger partial charge in [-0.2, -0.15) is 4.98 Å². The van der Waals surface area contributed by atoms with Crippen molar-refractivity contribution in [1.82, 2.24) is 15.0 Å². The van der Waals surface area contributed by atoms with Crippen molar-refractivity contribution in [2.45, 2.75) is 45.2 Å². The highest BCUT2D eigenvalue weighted by atomic mass is 16.5. The summed E-state index contributed by atoms with van der Waals surface area (Å²) in [4.78, 5) is 6.90. The highest BCUT2D eigenvalue weighted by Crippen LogP contribution is 2.34. The molecule has 1 atom stereocenters. The average Bonchev–Trinajstić information content (AvgIpc) is 3.18. The molecular formula is C17H23N3O2. The first-order valence-electron chi connectivity index (χ1n) is 7.99. The van der Waals surface area contributed by atoms with Gasteiger partial charge in [-0.05, 0) is 43.5 Å². The van der Waals surface area contributed by atoms with E-state index in [-0.39, 0.29) is 0 Å². The molecule has 1 saturated heterocycles. The standard InChI is InChI=1S/C17H23N3O2/c1-3-6-16-18-17(22-19-16)12-20-10-5-9-15(20)13-7-4-8-14(11-13)21-2/h4,7-8,11,15H,3,5-6,9-10,12H2,1-2H3. The molecule has 1 aromatic carbocycles. The third-order valence-corrected chi connectivity index (χ3v) is 4.16. The minimum absolute atomic E-state index is 0.400. The van der Waals surface area contributed by atoms with Gasteiger partial charge in [0.05, 0.1) is 13.7 Å². The van der Waals surface area contributed by atoms with Crippen molar-refractivity contribution in [3.8, 4) is 5.75 Å². The Morgan fingerprint density at radius 2 is 2.32 bits per heavy atom. The number of rotatable bonds is 6. The smallest absolute Gasteiger partial charge is 0.240 e. The van der Waals surface area contributed by atoms with Crippen molar-refractivity contribution in [2.75, 3.05) is 13.7 Å². The molecule has 5 heteroatoms. The number of aryl methyl sites for hydroxylation is 1. The summed E-state index contributed by atoms with van der Waals surface area (Å²) in [5.74, 6) is 2.44. The van der Waals surface area contributed by atoms with Crippen LogP contribution < -0.4 is 4.74 Å². The maximum absolute atomic E-state index is 5.38. The van der Waals surface area contributed by atoms with Gasteiger partial charge >= 0.3 is 0 Å². The van der Waals surface area contributed by atoms with Gasteiger partial charge in [0.2, 0.25) is 5.89 Å². The predicted octanol–water partition coefficient (Wildman–Crippen LogP) is 3.37. The van der Waals surface area contributed by atoms with E-state index in [0.717, 1.165) is 49.8 Å². The molecule has 1 unspecified atom stereocenters. The number of hydrogen-bond acceptors (Lipinski definition) is 5. The van der Waals surface area contributed by atoms with Crippen LogP contribution in [0.3, 0.4) is 0 Å². The van der Waals surface area contributed by atoms with Crippen molar-refractivity contribution in [2.24, 2.45) is 0 Å². The van der Waals surface area contributed by atoms with E-state index >= 15 is 0 Å². The zero-order chi connectivity index (χ0) is 15.4. The Morgan fingerprint density at radius 1 is 1.41 bits per heavy atom. The van der Waals surface area contributed by atoms with Crippen LogP contribution in [-0.4, -0.2) is 28.7 Å². The van der Waals surface area contributed by atoms with Crippen molar-refractivity contribution in [3.63, 3.8) is 0 Å². The fourth-order valence-electron chi connectivity index (χ4n) is 3.09. The number of aromatic nitrogens is 2. The molecule has 22 heavy (non-hydrogen) atoms. The molecule has 1 aromatic heterocycles. The summed E-state index contributed by atoms with van der Waals surface area (Å²) in [5, 5.41) is 4.04. The zero-order valence-corrected chi connectivity index (χ0v) is 13.3. The minimum atomic E-state index is 0.400. The third kappa shape index (κ3) is 3.30. The van der Waals surface area contributed by atoms with Crippen LogP contribution in [0.4, 0.5) is 0 Å². The van der Waals surface area contributed by atoms with Gasteiger partial charge in [0, 0.05) is 12.5 Å². The van der Waals surface area contributed by atoms with Crippen LogP contribution in [0.5, 0.6) is 5.75 Å². The van der Waals surface area contributed by atoms with Crippen LogP contribution in [0.25, 0.3) is 0 Å². The minimum Gasteiger partial charge on any atom is -0.497 e. The predicted molar refractivity (Wildman–Crippen MR) is 83.7 cm³/mol. The van der Waals surface area contributed by atoms with Crippen LogP contribution in [-0.2, 0) is 13.0 Å². The topological polar surface area (TPSA) is 51.4 Å². The normalized spacial score (nSPS) is 18.7. The summed E-state index contributed by atoms with van der Waals surface area (Å²) in [7, 11) is 1.71. The van der Waals surface area contributed by atoms with E-state index in [1.54, 1.807) is 7.11 Å². The molecule has 2 heterocycles. The largest absolute Gasteiger partial charge is 0.497 e. The maximum Gasteiger partial charge on any atom is 0.240 e. The lowest BCUT2D eigenvalue weighted by Gasteiger charge is -2.23. The van der Waals surface area contributed by atoms with E-state index in [2.05, 4.69) is 40.2 Å². The molecule has 118 valence electrons. The van der Waals surface area contributed by atoms with Crippen molar-refractivity contribution >= 4 is 0 Å². The number of benzene rings is 1. The van der Waals surface area contributed by atoms with E-state index < -0.39 is 0 Å². The molecule has 2 aromatic rings. The summed E-state index contributed by atoms with van der Waals surface area (Å²) in [5.41, 5.74) is 1.30. The first-order chi connectivity index (χ1) is 10.8. The second-order valence-electron chi connectivity index (χ2n) is 5.76. The Morgan fingerprint density at radius 3 is 3.14 bits per heavy atom. The van der Waals surface area contributed by atoms with Gasteiger partial charge in [-0.3, -0.25) is 4.90 Å². The summed E-state index contributed by atoms with van der Waals surface area (Å²) < 4.78 is 10.7. The molecule has 0 N–H and O–H groups in total. The lowest BCUT2D eigenvalue weighted by atomic mass is 10.0. The molecule has 0 amide bonds. The molecule has 1 aliphatic heterocycles. The highest BCUT2D eigenvalue weighted by molar-refractivity contribution is 5.31. The molecule has 3 rings (SSSR count). The fraction of sp³-hybridized carbons (Fsp3) is 0.529. The Balaban J connectivity index is 1.72. The quantitative estimate of drug-likeness (QED) is 0.819. The first kappa shape index (κ1) is 15.0. The van der Waals surface area contributed by atoms with E-state index in [1.807, 2.05) is 6.07 Å². The summed E-state index contributed by atoms with van der Waals surface area (Å²) in [6.45, 7) is 3.90. The number of methoxy groups -OCH3 is 1. The Labute approximate surface area is 131 Å². The van der Waals surface area contributed by atoms with Crippen LogP contribution in [0.2, 0.25) is 0 Å². The van der Waals surface area contributed by atoms with Gasteiger partial charge < -0.3 is 9.26 Å². The monoisotopic (exact) mass is 301 g/mol. The third-order valence-electron chi connectivity index (χ3n) is 4.16. The Kier molecular flexibility index (Phi) is 4.73. The van der Waals surface area contributed by atoms with E-state index in [4.69, 9.17) is 9.26 Å². The van der Waals surface area contributed by atoms with E-state index in [1.165, 1.54) is 12.0 Å². The summed E-state index contributed by atoms with van der Waals surface area (Å²) in [6, 6.07) is 8.73. The number of nitrogens with zero attached hydrogens (tertiary/aromatic N) is 3. The molecule has 1 fully saturated rings. The molecule has 0 spiro atoms. The lowest BCUT2D eigenvalue weighted by molar-refractivity contribution is 0.212. The maximum atomic E-state index is 5.38. The van der Waals surface area contributed by atoms with Gasteiger partial charge in [0.25, 0.3) is 0 Å². The van der Waals surface area contributed by atoms with Crippen LogP contribution >= 0.6 is 0 Å². The summed E-state index contributed by atoms with van der Waals surface area (Å²) >= 11 is 0. The van der Waals surface area contributed by atoms with Gasteiger partial charge in [-0.1, -0.05) is 24.2 Å². The zero-order valence-electron chi connectivity index (χ0n) is 13.3. The fourth-order valence-corrected chi connectivity index (χ4v) is 3.09. The molecule has 1 aliphatic rings. The van der Waals surface area contributed by atoms with Crippen molar-refractivity contribution in [1.29, 1.82) is 0 Å². The van der Waals surface area contributed by atoms with Crippen LogP contribution in [0.15, 0.2) is 28.8 Å². The van der Waals surface area contributed by atoms with Crippen LogP contribution in [0.1, 0.15) is 49.5 Å². The molecule has 0 aliphatic carbocycles. The first-order valence-corrected chi connectivity index (χ1v) is 7.99. The number of hydrogen-bond donors (Lipinski definition) is 0. The second-order valence-corrected chi connectivity index (χ2v) is 5.76. The highest BCUT2D eigenvalue weighted by Gasteiger charge is 2.27. The molecule has 0 radical (unpaired) electrons. The Bertz CT molecular complexity index is 611. The van der Waals surface area contributed by atoms with E-state index in [0.29, 0.717) is 6.04 Å². The molecule has 0 saturated carbocycles. The van der Waals surface area contributed by atoms with E-state index in [9.17, 15) is 0 Å². The Hall–Kier alpha value is -1.88. The van der Waals surface area contributed by atoms with Gasteiger partial charge in [-0.15, -0.1) is 0 Å². The van der Waals surface area contributed by atoms with Crippen molar-refractivity contribution in [3.05, 3.63) is 41.5 Å². The van der Waals surface area contributed by atoms with Gasteiger partial charge in [0.15, 0.2) is 5.82 Å².